The van der Waals surface area contributed by atoms with Crippen LogP contribution in [0.3, 0.4) is 0 Å². The van der Waals surface area contributed by atoms with E-state index in [0.29, 0.717) is 24.4 Å². The van der Waals surface area contributed by atoms with Crippen molar-refractivity contribution in [1.29, 1.82) is 0 Å². The van der Waals surface area contributed by atoms with E-state index in [1.807, 2.05) is 19.1 Å². The van der Waals surface area contributed by atoms with Gasteiger partial charge in [0.2, 0.25) is 0 Å². The van der Waals surface area contributed by atoms with Crippen LogP contribution < -0.4 is 10.6 Å². The fraction of sp³-hybridized carbons (Fsp3) is 0.615. The summed E-state index contributed by atoms with van der Waals surface area (Å²) in [5, 5.41) is 5.86. The molecular formula is C26H38N4O3. The molecule has 2 aliphatic heterocycles. The lowest BCUT2D eigenvalue weighted by Gasteiger charge is -2.41. The molecule has 1 aliphatic carbocycles. The van der Waals surface area contributed by atoms with Crippen molar-refractivity contribution in [3.8, 4) is 0 Å². The van der Waals surface area contributed by atoms with Crippen molar-refractivity contribution in [2.45, 2.75) is 64.5 Å². The van der Waals surface area contributed by atoms with E-state index in [0.717, 1.165) is 44.2 Å². The molecule has 1 aromatic rings. The topological polar surface area (TPSA) is 73.9 Å². The number of amides is 2. The van der Waals surface area contributed by atoms with E-state index in [9.17, 15) is 9.59 Å². The molecule has 4 rings (SSSR count). The summed E-state index contributed by atoms with van der Waals surface area (Å²) >= 11 is 0. The highest BCUT2D eigenvalue weighted by Gasteiger charge is 2.35. The van der Waals surface area contributed by atoms with E-state index in [1.165, 1.54) is 37.7 Å². The monoisotopic (exact) mass is 454 g/mol. The summed E-state index contributed by atoms with van der Waals surface area (Å²) in [4.78, 5) is 30.6. The van der Waals surface area contributed by atoms with Gasteiger partial charge in [-0.25, -0.2) is 9.59 Å². The normalized spacial score (nSPS) is 23.2. The van der Waals surface area contributed by atoms with Crippen LogP contribution in [0.15, 0.2) is 35.5 Å². The highest BCUT2D eigenvalue weighted by atomic mass is 16.5. The minimum Gasteiger partial charge on any atom is -0.463 e. The predicted octanol–water partition coefficient (Wildman–Crippen LogP) is 3.37. The van der Waals surface area contributed by atoms with Crippen LogP contribution in [-0.4, -0.2) is 67.2 Å². The molecule has 2 heterocycles. The number of esters is 1. The second-order valence-corrected chi connectivity index (χ2v) is 9.34. The number of hydrogen-bond acceptors (Lipinski definition) is 5. The van der Waals surface area contributed by atoms with Gasteiger partial charge in [0.1, 0.15) is 0 Å². The maximum Gasteiger partial charge on any atom is 0.338 e. The minimum absolute atomic E-state index is 0.275. The van der Waals surface area contributed by atoms with Gasteiger partial charge in [-0.3, -0.25) is 9.80 Å². The quantitative estimate of drug-likeness (QED) is 0.618. The lowest BCUT2D eigenvalue weighted by Crippen LogP contribution is -2.53. The molecule has 1 saturated heterocycles. The van der Waals surface area contributed by atoms with Crippen LogP contribution in [0.1, 0.15) is 63.1 Å². The Kier molecular flexibility index (Phi) is 8.04. The second-order valence-electron chi connectivity index (χ2n) is 9.34. The molecule has 1 saturated carbocycles. The lowest BCUT2D eigenvalue weighted by atomic mass is 9.93. The van der Waals surface area contributed by atoms with Crippen LogP contribution in [0, 0.1) is 0 Å². The number of carbonyl (C=O) groups is 2. The maximum atomic E-state index is 13.0. The molecule has 2 fully saturated rings. The molecule has 7 heteroatoms. The molecule has 180 valence electrons. The van der Waals surface area contributed by atoms with E-state index in [4.69, 9.17) is 4.74 Å². The highest BCUT2D eigenvalue weighted by Crippen LogP contribution is 2.29. The first-order valence-corrected chi connectivity index (χ1v) is 12.6. The average molecular weight is 455 g/mol. The Hall–Kier alpha value is -2.38. The minimum atomic E-state index is -0.512. The molecule has 2 N–H and O–H groups in total. The van der Waals surface area contributed by atoms with Crippen LogP contribution in [0.2, 0.25) is 0 Å². The first-order valence-electron chi connectivity index (χ1n) is 12.6. The van der Waals surface area contributed by atoms with Gasteiger partial charge in [-0.15, -0.1) is 0 Å². The Balaban J connectivity index is 1.52. The zero-order valence-corrected chi connectivity index (χ0v) is 20.1. The number of rotatable bonds is 7. The first-order chi connectivity index (χ1) is 16.1. The van der Waals surface area contributed by atoms with Gasteiger partial charge in [-0.1, -0.05) is 50.5 Å². The maximum absolute atomic E-state index is 13.0. The zero-order chi connectivity index (χ0) is 23.2. The first kappa shape index (κ1) is 23.8. The van der Waals surface area contributed by atoms with E-state index >= 15 is 0 Å². The molecule has 0 bridgehead atoms. The van der Waals surface area contributed by atoms with E-state index in [-0.39, 0.29) is 12.0 Å². The largest absolute Gasteiger partial charge is 0.463 e. The van der Waals surface area contributed by atoms with Crippen molar-refractivity contribution in [2.24, 2.45) is 0 Å². The van der Waals surface area contributed by atoms with Crippen molar-refractivity contribution in [3.63, 3.8) is 0 Å². The van der Waals surface area contributed by atoms with Gasteiger partial charge in [-0.05, 0) is 37.3 Å². The van der Waals surface area contributed by atoms with Crippen LogP contribution in [-0.2, 0) is 16.0 Å². The van der Waals surface area contributed by atoms with Crippen molar-refractivity contribution in [3.05, 3.63) is 46.7 Å². The van der Waals surface area contributed by atoms with Gasteiger partial charge >= 0.3 is 12.0 Å². The van der Waals surface area contributed by atoms with Crippen LogP contribution in [0.5, 0.6) is 0 Å². The summed E-state index contributed by atoms with van der Waals surface area (Å²) in [7, 11) is 0. The fourth-order valence-electron chi connectivity index (χ4n) is 5.34. The standard InChI is InChI=1S/C26H38N4O3/c1-3-19-10-12-20(13-11-19)24-23(25(31)33-4-2)22(27-26(32)28-24)18-29-14-16-30(17-15-29)21-8-6-5-7-9-21/h10-13,21,24H,3-9,14-18H2,1-2H3,(H2,27,28,32). The van der Waals surface area contributed by atoms with Crippen LogP contribution in [0.25, 0.3) is 0 Å². The molecule has 7 nitrogen and oxygen atoms in total. The summed E-state index contributed by atoms with van der Waals surface area (Å²) in [5.41, 5.74) is 3.28. The Bertz CT molecular complexity index is 853. The number of nitrogens with one attached hydrogen (secondary N) is 2. The Labute approximate surface area is 197 Å². The highest BCUT2D eigenvalue weighted by molar-refractivity contribution is 5.95. The molecule has 0 aromatic heterocycles. The summed E-state index contributed by atoms with van der Waals surface area (Å²) in [6.07, 6.45) is 7.65. The molecule has 1 atom stereocenters. The van der Waals surface area contributed by atoms with Crippen molar-refractivity contribution in [1.82, 2.24) is 20.4 Å². The fourth-order valence-corrected chi connectivity index (χ4v) is 5.34. The zero-order valence-electron chi connectivity index (χ0n) is 20.1. The number of nitrogens with zero attached hydrogens (tertiary/aromatic N) is 2. The predicted molar refractivity (Wildman–Crippen MR) is 129 cm³/mol. The van der Waals surface area contributed by atoms with Gasteiger partial charge < -0.3 is 15.4 Å². The van der Waals surface area contributed by atoms with Crippen LogP contribution in [0.4, 0.5) is 4.79 Å². The van der Waals surface area contributed by atoms with Crippen molar-refractivity contribution in [2.75, 3.05) is 39.3 Å². The third kappa shape index (κ3) is 5.76. The van der Waals surface area contributed by atoms with Gasteiger partial charge in [0.25, 0.3) is 0 Å². The lowest BCUT2D eigenvalue weighted by molar-refractivity contribution is -0.139. The molecule has 2 amide bonds. The molecule has 0 radical (unpaired) electrons. The van der Waals surface area contributed by atoms with Crippen LogP contribution >= 0.6 is 0 Å². The smallest absolute Gasteiger partial charge is 0.338 e. The molecule has 1 unspecified atom stereocenters. The molecule has 33 heavy (non-hydrogen) atoms. The third-order valence-electron chi connectivity index (χ3n) is 7.25. The third-order valence-corrected chi connectivity index (χ3v) is 7.25. The average Bonchev–Trinajstić information content (AvgIpc) is 2.85. The number of benzene rings is 1. The summed E-state index contributed by atoms with van der Waals surface area (Å²) in [6.45, 7) is 8.72. The van der Waals surface area contributed by atoms with Crippen molar-refractivity contribution < 1.29 is 14.3 Å². The Morgan fingerprint density at radius 2 is 1.73 bits per heavy atom. The number of piperazine rings is 1. The SMILES string of the molecule is CCOC(=O)C1=C(CN2CCN(C3CCCCC3)CC2)NC(=O)NC1c1ccc(CC)cc1. The van der Waals surface area contributed by atoms with Gasteiger partial charge in [0.05, 0.1) is 18.2 Å². The summed E-state index contributed by atoms with van der Waals surface area (Å²) in [5.74, 6) is -0.370. The van der Waals surface area contributed by atoms with E-state index < -0.39 is 6.04 Å². The van der Waals surface area contributed by atoms with Gasteiger partial charge in [0.15, 0.2) is 0 Å². The Morgan fingerprint density at radius 3 is 2.36 bits per heavy atom. The number of hydrogen-bond donors (Lipinski definition) is 2. The molecular weight excluding hydrogens is 416 g/mol. The number of carbonyl (C=O) groups excluding carboxylic acids is 2. The van der Waals surface area contributed by atoms with Crippen molar-refractivity contribution >= 4 is 12.0 Å². The number of ether oxygens (including phenoxy) is 1. The summed E-state index contributed by atoms with van der Waals surface area (Å²) in [6, 6.07) is 8.03. The number of urea groups is 1. The molecule has 0 spiro atoms. The Morgan fingerprint density at radius 1 is 1.03 bits per heavy atom. The van der Waals surface area contributed by atoms with Gasteiger partial charge in [0, 0.05) is 44.5 Å². The van der Waals surface area contributed by atoms with Gasteiger partial charge in [-0.2, -0.15) is 0 Å². The van der Waals surface area contributed by atoms with E-state index in [1.54, 1.807) is 0 Å². The van der Waals surface area contributed by atoms with E-state index in [2.05, 4.69) is 39.5 Å². The second kappa shape index (κ2) is 11.2. The number of aryl methyl sites for hydroxylation is 1. The molecule has 3 aliphatic rings. The summed E-state index contributed by atoms with van der Waals surface area (Å²) < 4.78 is 5.41. The molecule has 1 aromatic carbocycles.